The van der Waals surface area contributed by atoms with Gasteiger partial charge in [0.2, 0.25) is 0 Å². The molecule has 0 aromatic heterocycles. The molecule has 1 atom stereocenters. The van der Waals surface area contributed by atoms with Crippen molar-refractivity contribution in [1.82, 2.24) is 0 Å². The van der Waals surface area contributed by atoms with Crippen LogP contribution in [0.4, 0.5) is 0 Å². The zero-order valence-electron chi connectivity index (χ0n) is 10.5. The van der Waals surface area contributed by atoms with Crippen LogP contribution in [0.2, 0.25) is 0 Å². The number of thioether (sulfide) groups is 1. The van der Waals surface area contributed by atoms with E-state index >= 15 is 0 Å². The molecular weight excluding hydrogens is 220 g/mol. The van der Waals surface area contributed by atoms with E-state index in [4.69, 9.17) is 4.74 Å². The molecule has 1 saturated carbocycles. The maximum absolute atomic E-state index is 9.68. The van der Waals surface area contributed by atoms with Crippen molar-refractivity contribution in [3.05, 3.63) is 0 Å². The van der Waals surface area contributed by atoms with Gasteiger partial charge in [0, 0.05) is 12.4 Å². The van der Waals surface area contributed by atoms with Crippen LogP contribution in [0.15, 0.2) is 0 Å². The topological polar surface area (TPSA) is 29.5 Å². The monoisotopic (exact) mass is 246 g/mol. The molecule has 1 N–H and O–H groups in total. The van der Waals surface area contributed by atoms with Crippen molar-refractivity contribution >= 4 is 11.8 Å². The summed E-state index contributed by atoms with van der Waals surface area (Å²) in [4.78, 5) is 0. The fraction of sp³-hybridized carbons (Fsp3) is 1.00. The van der Waals surface area contributed by atoms with E-state index in [0.29, 0.717) is 6.61 Å². The summed E-state index contributed by atoms with van der Waals surface area (Å²) in [6, 6.07) is 0. The number of rotatable bonds is 9. The lowest BCUT2D eigenvalue weighted by Crippen LogP contribution is -2.19. The SMILES string of the molecule is CCCCOCC(O)CSCC1CCCC1. The Morgan fingerprint density at radius 2 is 2.12 bits per heavy atom. The first-order valence-corrected chi connectivity index (χ1v) is 7.82. The summed E-state index contributed by atoms with van der Waals surface area (Å²) in [5.41, 5.74) is 0. The molecule has 3 heteroatoms. The Hall–Kier alpha value is 0.270. The lowest BCUT2D eigenvalue weighted by Gasteiger charge is -2.12. The van der Waals surface area contributed by atoms with Gasteiger partial charge < -0.3 is 9.84 Å². The molecule has 1 fully saturated rings. The third kappa shape index (κ3) is 6.77. The molecule has 1 aliphatic rings. The lowest BCUT2D eigenvalue weighted by atomic mass is 10.1. The number of hydrogen-bond acceptors (Lipinski definition) is 3. The smallest absolute Gasteiger partial charge is 0.0863 e. The van der Waals surface area contributed by atoms with Gasteiger partial charge in [-0.05, 0) is 30.9 Å². The number of aliphatic hydroxyl groups is 1. The molecule has 0 radical (unpaired) electrons. The van der Waals surface area contributed by atoms with E-state index in [2.05, 4.69) is 6.92 Å². The minimum Gasteiger partial charge on any atom is -0.390 e. The zero-order chi connectivity index (χ0) is 11.6. The van der Waals surface area contributed by atoms with Crippen molar-refractivity contribution in [2.75, 3.05) is 24.7 Å². The molecule has 0 saturated heterocycles. The van der Waals surface area contributed by atoms with Crippen LogP contribution in [0.1, 0.15) is 45.4 Å². The van der Waals surface area contributed by atoms with E-state index in [1.165, 1.54) is 31.4 Å². The predicted octanol–water partition coefficient (Wildman–Crippen LogP) is 3.09. The second-order valence-corrected chi connectivity index (χ2v) is 5.85. The zero-order valence-corrected chi connectivity index (χ0v) is 11.3. The maximum Gasteiger partial charge on any atom is 0.0863 e. The van der Waals surface area contributed by atoms with Gasteiger partial charge in [0.05, 0.1) is 12.7 Å². The number of unbranched alkanes of at least 4 members (excludes halogenated alkanes) is 1. The largest absolute Gasteiger partial charge is 0.390 e. The number of aliphatic hydroxyl groups excluding tert-OH is 1. The Bertz CT molecular complexity index is 158. The molecule has 0 aliphatic heterocycles. The summed E-state index contributed by atoms with van der Waals surface area (Å²) in [7, 11) is 0. The molecule has 0 heterocycles. The average Bonchev–Trinajstić information content (AvgIpc) is 2.77. The van der Waals surface area contributed by atoms with Crippen molar-refractivity contribution in [3.8, 4) is 0 Å². The Labute approximate surface area is 104 Å². The predicted molar refractivity (Wildman–Crippen MR) is 71.0 cm³/mol. The Morgan fingerprint density at radius 3 is 2.81 bits per heavy atom. The van der Waals surface area contributed by atoms with E-state index in [1.54, 1.807) is 0 Å². The molecule has 0 spiro atoms. The van der Waals surface area contributed by atoms with Crippen LogP contribution in [0.5, 0.6) is 0 Å². The first-order chi connectivity index (χ1) is 7.83. The minimum absolute atomic E-state index is 0.275. The van der Waals surface area contributed by atoms with Crippen LogP contribution in [-0.4, -0.2) is 35.9 Å². The van der Waals surface area contributed by atoms with Crippen molar-refractivity contribution in [1.29, 1.82) is 0 Å². The highest BCUT2D eigenvalue weighted by Crippen LogP contribution is 2.27. The number of ether oxygens (including phenoxy) is 1. The maximum atomic E-state index is 9.68. The third-order valence-electron chi connectivity index (χ3n) is 3.09. The van der Waals surface area contributed by atoms with E-state index in [1.807, 2.05) is 11.8 Å². The van der Waals surface area contributed by atoms with Gasteiger partial charge in [0.1, 0.15) is 0 Å². The summed E-state index contributed by atoms with van der Waals surface area (Å²) in [6.45, 7) is 3.45. The molecule has 0 bridgehead atoms. The Kier molecular flexibility index (Phi) is 8.34. The highest BCUT2D eigenvalue weighted by Gasteiger charge is 2.15. The summed E-state index contributed by atoms with van der Waals surface area (Å²) in [6.07, 6.45) is 7.60. The van der Waals surface area contributed by atoms with Gasteiger partial charge in [-0.15, -0.1) is 0 Å². The minimum atomic E-state index is -0.275. The van der Waals surface area contributed by atoms with Gasteiger partial charge in [-0.1, -0.05) is 26.2 Å². The third-order valence-corrected chi connectivity index (χ3v) is 4.42. The molecule has 1 aliphatic carbocycles. The van der Waals surface area contributed by atoms with Crippen LogP contribution in [0.3, 0.4) is 0 Å². The van der Waals surface area contributed by atoms with E-state index in [9.17, 15) is 5.11 Å². The summed E-state index contributed by atoms with van der Waals surface area (Å²) in [5.74, 6) is 2.98. The first-order valence-electron chi connectivity index (χ1n) is 6.66. The standard InChI is InChI=1S/C13H26O2S/c1-2-3-8-15-9-13(14)11-16-10-12-6-4-5-7-12/h12-14H,2-11H2,1H3. The molecular formula is C13H26O2S. The molecule has 1 rings (SSSR count). The fourth-order valence-corrected chi connectivity index (χ4v) is 3.23. The number of hydrogen-bond donors (Lipinski definition) is 1. The molecule has 0 amide bonds. The fourth-order valence-electron chi connectivity index (χ4n) is 2.06. The van der Waals surface area contributed by atoms with Crippen LogP contribution in [0.25, 0.3) is 0 Å². The van der Waals surface area contributed by atoms with Crippen LogP contribution >= 0.6 is 11.8 Å². The van der Waals surface area contributed by atoms with Crippen molar-refractivity contribution in [3.63, 3.8) is 0 Å². The average molecular weight is 246 g/mol. The molecule has 2 nitrogen and oxygen atoms in total. The van der Waals surface area contributed by atoms with Crippen molar-refractivity contribution in [2.24, 2.45) is 5.92 Å². The van der Waals surface area contributed by atoms with Gasteiger partial charge >= 0.3 is 0 Å². The van der Waals surface area contributed by atoms with Gasteiger partial charge in [-0.25, -0.2) is 0 Å². The second kappa shape index (κ2) is 9.32. The van der Waals surface area contributed by atoms with Gasteiger partial charge in [0.25, 0.3) is 0 Å². The van der Waals surface area contributed by atoms with Crippen LogP contribution < -0.4 is 0 Å². The van der Waals surface area contributed by atoms with Crippen molar-refractivity contribution in [2.45, 2.75) is 51.6 Å². The first kappa shape index (κ1) is 14.3. The summed E-state index contributed by atoms with van der Waals surface area (Å²) < 4.78 is 5.40. The molecule has 0 aromatic rings. The van der Waals surface area contributed by atoms with Crippen LogP contribution in [-0.2, 0) is 4.74 Å². The highest BCUT2D eigenvalue weighted by atomic mass is 32.2. The van der Waals surface area contributed by atoms with Gasteiger partial charge in [0.15, 0.2) is 0 Å². The lowest BCUT2D eigenvalue weighted by molar-refractivity contribution is 0.0473. The molecule has 0 aromatic carbocycles. The quantitative estimate of drug-likeness (QED) is 0.634. The Morgan fingerprint density at radius 1 is 1.38 bits per heavy atom. The molecule has 1 unspecified atom stereocenters. The van der Waals surface area contributed by atoms with Gasteiger partial charge in [-0.2, -0.15) is 11.8 Å². The Balaban J connectivity index is 1.87. The normalized spacial score (nSPS) is 19.1. The van der Waals surface area contributed by atoms with Crippen LogP contribution in [0, 0.1) is 5.92 Å². The van der Waals surface area contributed by atoms with Crippen molar-refractivity contribution < 1.29 is 9.84 Å². The summed E-state index contributed by atoms with van der Waals surface area (Å²) in [5, 5.41) is 9.68. The molecule has 16 heavy (non-hydrogen) atoms. The van der Waals surface area contributed by atoms with Gasteiger partial charge in [-0.3, -0.25) is 0 Å². The van der Waals surface area contributed by atoms with E-state index in [-0.39, 0.29) is 6.10 Å². The second-order valence-electron chi connectivity index (χ2n) is 4.77. The highest BCUT2D eigenvalue weighted by molar-refractivity contribution is 7.99. The van der Waals surface area contributed by atoms with E-state index < -0.39 is 0 Å². The molecule has 96 valence electrons. The van der Waals surface area contributed by atoms with E-state index in [0.717, 1.165) is 31.1 Å². The summed E-state index contributed by atoms with van der Waals surface area (Å²) >= 11 is 1.89.